The molecule has 0 radical (unpaired) electrons. The van der Waals surface area contributed by atoms with Crippen molar-refractivity contribution in [1.82, 2.24) is 8.61 Å². The largest absolute Gasteiger partial charge is 0.282 e. The molecule has 1 saturated carbocycles. The third-order valence-corrected chi connectivity index (χ3v) is 6.40. The minimum atomic E-state index is -3.30. The van der Waals surface area contributed by atoms with Crippen LogP contribution in [0.2, 0.25) is 5.02 Å². The maximum Gasteiger partial charge on any atom is 0.282 e. The molecule has 6 heteroatoms. The van der Waals surface area contributed by atoms with Crippen LogP contribution in [0.3, 0.4) is 0 Å². The van der Waals surface area contributed by atoms with Gasteiger partial charge in [0.15, 0.2) is 0 Å². The monoisotopic (exact) mass is 314 g/mol. The first-order chi connectivity index (χ1) is 9.48. The molecule has 110 valence electrons. The molecule has 1 aliphatic heterocycles. The second-order valence-corrected chi connectivity index (χ2v) is 7.91. The molecule has 2 fully saturated rings. The molecule has 0 amide bonds. The van der Waals surface area contributed by atoms with E-state index in [1.54, 1.807) is 8.61 Å². The predicted octanol–water partition coefficient (Wildman–Crippen LogP) is 2.56. The summed E-state index contributed by atoms with van der Waals surface area (Å²) in [5, 5.41) is 0.691. The smallest absolute Gasteiger partial charge is 0.195 e. The number of hydrogen-bond acceptors (Lipinski definition) is 2. The van der Waals surface area contributed by atoms with Gasteiger partial charge in [0.05, 0.1) is 0 Å². The van der Waals surface area contributed by atoms with E-state index in [4.69, 9.17) is 11.6 Å². The summed E-state index contributed by atoms with van der Waals surface area (Å²) in [6.45, 7) is 3.61. The molecule has 0 unspecified atom stereocenters. The highest BCUT2D eigenvalue weighted by molar-refractivity contribution is 7.86. The summed E-state index contributed by atoms with van der Waals surface area (Å²) in [5.41, 5.74) is 1.96. The van der Waals surface area contributed by atoms with Gasteiger partial charge in [-0.05, 0) is 43.4 Å². The Morgan fingerprint density at radius 3 is 2.70 bits per heavy atom. The van der Waals surface area contributed by atoms with Gasteiger partial charge in [-0.15, -0.1) is 0 Å². The van der Waals surface area contributed by atoms with Gasteiger partial charge in [0.2, 0.25) is 0 Å². The normalized spacial score (nSPS) is 23.9. The van der Waals surface area contributed by atoms with E-state index in [0.29, 0.717) is 24.7 Å². The molecule has 0 bridgehead atoms. The van der Waals surface area contributed by atoms with Crippen LogP contribution in [-0.4, -0.2) is 36.2 Å². The molecule has 3 rings (SSSR count). The van der Waals surface area contributed by atoms with Crippen LogP contribution < -0.4 is 0 Å². The zero-order chi connectivity index (χ0) is 14.3. The summed E-state index contributed by atoms with van der Waals surface area (Å²) in [5.74, 6) is 0. The van der Waals surface area contributed by atoms with Crippen molar-refractivity contribution in [3.05, 3.63) is 34.3 Å². The first-order valence-corrected chi connectivity index (χ1v) is 8.78. The molecule has 1 aliphatic carbocycles. The summed E-state index contributed by atoms with van der Waals surface area (Å²) >= 11 is 6.11. The van der Waals surface area contributed by atoms with Gasteiger partial charge in [-0.25, -0.2) is 0 Å². The first kappa shape index (κ1) is 14.3. The van der Waals surface area contributed by atoms with Crippen LogP contribution in [0.5, 0.6) is 0 Å². The summed E-state index contributed by atoms with van der Waals surface area (Å²) in [7, 11) is -3.30. The van der Waals surface area contributed by atoms with Crippen LogP contribution in [0.4, 0.5) is 0 Å². The van der Waals surface area contributed by atoms with Gasteiger partial charge in [-0.1, -0.05) is 23.7 Å². The lowest BCUT2D eigenvalue weighted by atomic mass is 10.1. The van der Waals surface area contributed by atoms with Crippen molar-refractivity contribution in [1.29, 1.82) is 0 Å². The number of hydrogen-bond donors (Lipinski definition) is 0. The zero-order valence-electron chi connectivity index (χ0n) is 11.5. The standard InChI is InChI=1S/C14H19ClN2O2S/c1-11-3-4-12(9-14(11)15)10-16-7-2-8-17(13-5-6-13)20(16,18)19/h3-4,9,13H,2,5-8,10H2,1H3. The fourth-order valence-electron chi connectivity index (χ4n) is 2.61. The Balaban J connectivity index is 1.80. The van der Waals surface area contributed by atoms with E-state index >= 15 is 0 Å². The molecule has 2 aliphatic rings. The van der Waals surface area contributed by atoms with Crippen molar-refractivity contribution in [3.63, 3.8) is 0 Å². The third kappa shape index (κ3) is 2.72. The highest BCUT2D eigenvalue weighted by Crippen LogP contribution is 2.33. The SMILES string of the molecule is Cc1ccc(CN2CCCN(C3CC3)S2(=O)=O)cc1Cl. The summed E-state index contributed by atoms with van der Waals surface area (Å²) in [6, 6.07) is 5.99. The molecule has 4 nitrogen and oxygen atoms in total. The van der Waals surface area contributed by atoms with Crippen LogP contribution in [0.25, 0.3) is 0 Å². The lowest BCUT2D eigenvalue weighted by Crippen LogP contribution is -2.50. The van der Waals surface area contributed by atoms with Gasteiger partial charge >= 0.3 is 0 Å². The van der Waals surface area contributed by atoms with E-state index in [2.05, 4.69) is 0 Å². The molecule has 1 aromatic rings. The number of benzene rings is 1. The van der Waals surface area contributed by atoms with Crippen LogP contribution in [0.15, 0.2) is 18.2 Å². The van der Waals surface area contributed by atoms with Gasteiger partial charge in [-0.2, -0.15) is 17.0 Å². The molecule has 0 aromatic heterocycles. The van der Waals surface area contributed by atoms with Crippen LogP contribution in [0.1, 0.15) is 30.4 Å². The molecule has 1 heterocycles. The number of nitrogens with zero attached hydrogens (tertiary/aromatic N) is 2. The Hall–Kier alpha value is -0.620. The molecule has 1 saturated heterocycles. The van der Waals surface area contributed by atoms with Crippen molar-refractivity contribution >= 4 is 21.8 Å². The van der Waals surface area contributed by atoms with Crippen LogP contribution in [-0.2, 0) is 16.8 Å². The fourth-order valence-corrected chi connectivity index (χ4v) is 4.73. The second-order valence-electron chi connectivity index (χ2n) is 5.62. The zero-order valence-corrected chi connectivity index (χ0v) is 13.1. The molecular formula is C14H19ClN2O2S. The van der Waals surface area contributed by atoms with Crippen molar-refractivity contribution in [2.45, 2.75) is 38.8 Å². The second kappa shape index (κ2) is 5.30. The first-order valence-electron chi connectivity index (χ1n) is 7.00. The predicted molar refractivity (Wildman–Crippen MR) is 79.9 cm³/mol. The lowest BCUT2D eigenvalue weighted by molar-refractivity contribution is 0.275. The molecular weight excluding hydrogens is 296 g/mol. The maximum atomic E-state index is 12.6. The van der Waals surface area contributed by atoms with Gasteiger partial charge in [-0.3, -0.25) is 0 Å². The third-order valence-electron chi connectivity index (χ3n) is 3.96. The summed E-state index contributed by atoms with van der Waals surface area (Å²) in [6.07, 6.45) is 2.90. The van der Waals surface area contributed by atoms with E-state index in [0.717, 1.165) is 30.4 Å². The van der Waals surface area contributed by atoms with E-state index in [1.165, 1.54) is 0 Å². The Morgan fingerprint density at radius 1 is 1.30 bits per heavy atom. The Labute approximate surface area is 125 Å². The highest BCUT2D eigenvalue weighted by atomic mass is 35.5. The molecule has 1 aromatic carbocycles. The topological polar surface area (TPSA) is 40.6 Å². The van der Waals surface area contributed by atoms with Crippen molar-refractivity contribution in [2.24, 2.45) is 0 Å². The minimum Gasteiger partial charge on any atom is -0.195 e. The Bertz CT molecular complexity index is 614. The highest BCUT2D eigenvalue weighted by Gasteiger charge is 2.42. The number of aryl methyl sites for hydroxylation is 1. The number of halogens is 1. The average Bonchev–Trinajstić information content (AvgIpc) is 3.20. The van der Waals surface area contributed by atoms with E-state index in [1.807, 2.05) is 25.1 Å². The van der Waals surface area contributed by atoms with Crippen LogP contribution >= 0.6 is 11.6 Å². The minimum absolute atomic E-state index is 0.240. The molecule has 20 heavy (non-hydrogen) atoms. The molecule has 0 atom stereocenters. The number of rotatable bonds is 3. The van der Waals surface area contributed by atoms with Crippen LogP contribution in [0, 0.1) is 6.92 Å². The summed E-state index contributed by atoms with van der Waals surface area (Å²) < 4.78 is 28.4. The lowest BCUT2D eigenvalue weighted by Gasteiger charge is -2.34. The van der Waals surface area contributed by atoms with E-state index in [-0.39, 0.29) is 6.04 Å². The average molecular weight is 315 g/mol. The quantitative estimate of drug-likeness (QED) is 0.860. The Kier molecular flexibility index (Phi) is 3.79. The summed E-state index contributed by atoms with van der Waals surface area (Å²) in [4.78, 5) is 0. The van der Waals surface area contributed by atoms with Gasteiger partial charge in [0.25, 0.3) is 10.2 Å². The van der Waals surface area contributed by atoms with Gasteiger partial charge in [0, 0.05) is 30.7 Å². The van der Waals surface area contributed by atoms with Gasteiger partial charge < -0.3 is 0 Å². The van der Waals surface area contributed by atoms with Crippen molar-refractivity contribution in [3.8, 4) is 0 Å². The maximum absolute atomic E-state index is 12.6. The Morgan fingerprint density at radius 2 is 2.05 bits per heavy atom. The van der Waals surface area contributed by atoms with Gasteiger partial charge in [0.1, 0.15) is 0 Å². The van der Waals surface area contributed by atoms with E-state index in [9.17, 15) is 8.42 Å². The van der Waals surface area contributed by atoms with Crippen molar-refractivity contribution in [2.75, 3.05) is 13.1 Å². The van der Waals surface area contributed by atoms with Crippen molar-refractivity contribution < 1.29 is 8.42 Å². The fraction of sp³-hybridized carbons (Fsp3) is 0.571. The molecule has 0 N–H and O–H groups in total. The van der Waals surface area contributed by atoms with E-state index < -0.39 is 10.2 Å². The molecule has 0 spiro atoms.